The summed E-state index contributed by atoms with van der Waals surface area (Å²) in [5.74, 6) is 1.51. The summed E-state index contributed by atoms with van der Waals surface area (Å²) in [5.41, 5.74) is 1.24. The Balaban J connectivity index is 1.47. The van der Waals surface area contributed by atoms with Crippen molar-refractivity contribution in [2.45, 2.75) is 19.1 Å². The van der Waals surface area contributed by atoms with Gasteiger partial charge < -0.3 is 9.73 Å². The fourth-order valence-electron chi connectivity index (χ4n) is 2.29. The van der Waals surface area contributed by atoms with Crippen LogP contribution in [0.25, 0.3) is 5.65 Å². The van der Waals surface area contributed by atoms with Gasteiger partial charge >= 0.3 is 0 Å². The number of hydrogen-bond donors (Lipinski definition) is 1. The Labute approximate surface area is 143 Å². The van der Waals surface area contributed by atoms with E-state index in [0.29, 0.717) is 12.2 Å². The average molecular weight is 347 g/mol. The van der Waals surface area contributed by atoms with E-state index in [2.05, 4.69) is 10.3 Å². The van der Waals surface area contributed by atoms with Gasteiger partial charge in [-0.1, -0.05) is 0 Å². The summed E-state index contributed by atoms with van der Waals surface area (Å²) in [6.07, 6.45) is 4.03. The monoisotopic (exact) mass is 347 g/mol. The number of amides is 1. The zero-order valence-electron chi connectivity index (χ0n) is 13.3. The smallest absolute Gasteiger partial charge is 0.274 e. The molecule has 3 aromatic rings. The number of pyridine rings is 1. The van der Waals surface area contributed by atoms with E-state index < -0.39 is 11.9 Å². The number of aryl methyl sites for hydroxylation is 1. The molecule has 0 aliphatic carbocycles. The molecule has 3 rings (SSSR count). The van der Waals surface area contributed by atoms with Gasteiger partial charge in [-0.3, -0.25) is 9.20 Å². The van der Waals surface area contributed by atoms with Gasteiger partial charge in [-0.25, -0.2) is 4.98 Å². The summed E-state index contributed by atoms with van der Waals surface area (Å²) in [7, 11) is 0. The third kappa shape index (κ3) is 3.79. The predicted octanol–water partition coefficient (Wildman–Crippen LogP) is 3.43. The molecular formula is C17H18FN3O2S. The Hall–Kier alpha value is -2.28. The lowest BCUT2D eigenvalue weighted by Crippen LogP contribution is -2.26. The summed E-state index contributed by atoms with van der Waals surface area (Å²) in [6, 6.07) is 7.31. The van der Waals surface area contributed by atoms with E-state index >= 15 is 0 Å². The van der Waals surface area contributed by atoms with E-state index in [0.717, 1.165) is 29.3 Å². The van der Waals surface area contributed by atoms with Crippen molar-refractivity contribution in [1.29, 1.82) is 0 Å². The molecule has 0 unspecified atom stereocenters. The van der Waals surface area contributed by atoms with Crippen LogP contribution in [0.15, 0.2) is 41.1 Å². The highest BCUT2D eigenvalue weighted by molar-refractivity contribution is 7.98. The maximum atomic E-state index is 14.2. The maximum absolute atomic E-state index is 14.2. The van der Waals surface area contributed by atoms with E-state index in [4.69, 9.17) is 4.42 Å². The van der Waals surface area contributed by atoms with Gasteiger partial charge in [-0.05, 0) is 48.9 Å². The van der Waals surface area contributed by atoms with Gasteiger partial charge in [0.25, 0.3) is 5.91 Å². The molecule has 24 heavy (non-hydrogen) atoms. The van der Waals surface area contributed by atoms with Crippen LogP contribution < -0.4 is 5.32 Å². The van der Waals surface area contributed by atoms with Crippen LogP contribution in [-0.2, 0) is 5.75 Å². The molecule has 0 saturated heterocycles. The van der Waals surface area contributed by atoms with E-state index in [1.807, 2.05) is 19.1 Å². The molecule has 126 valence electrons. The first kappa shape index (κ1) is 16.6. The number of nitrogens with one attached hydrogen (secondary N) is 1. The molecular weight excluding hydrogens is 329 g/mol. The zero-order chi connectivity index (χ0) is 16.9. The predicted molar refractivity (Wildman–Crippen MR) is 91.7 cm³/mol. The molecule has 3 aromatic heterocycles. The van der Waals surface area contributed by atoms with Crippen molar-refractivity contribution in [2.24, 2.45) is 0 Å². The van der Waals surface area contributed by atoms with Crippen LogP contribution in [0, 0.1) is 12.9 Å². The third-order valence-corrected chi connectivity index (χ3v) is 4.58. The lowest BCUT2D eigenvalue weighted by molar-refractivity contribution is 0.0944. The fourth-order valence-corrected chi connectivity index (χ4v) is 3.15. The van der Waals surface area contributed by atoms with Crippen LogP contribution in [0.3, 0.4) is 0 Å². The minimum atomic E-state index is -0.630. The van der Waals surface area contributed by atoms with E-state index in [1.54, 1.807) is 36.4 Å². The molecule has 1 N–H and O–H groups in total. The Morgan fingerprint density at radius 3 is 3.12 bits per heavy atom. The number of thioether (sulfide) groups is 1. The van der Waals surface area contributed by atoms with Crippen molar-refractivity contribution in [2.75, 3.05) is 12.3 Å². The molecule has 0 fully saturated rings. The second-order valence-corrected chi connectivity index (χ2v) is 6.53. The van der Waals surface area contributed by atoms with Crippen LogP contribution in [-0.4, -0.2) is 27.6 Å². The first-order valence-corrected chi connectivity index (χ1v) is 8.83. The van der Waals surface area contributed by atoms with Crippen molar-refractivity contribution in [3.63, 3.8) is 0 Å². The number of carbonyl (C=O) groups is 1. The van der Waals surface area contributed by atoms with Crippen LogP contribution in [0.4, 0.5) is 4.39 Å². The number of nitrogens with zero attached hydrogens (tertiary/aromatic N) is 2. The van der Waals surface area contributed by atoms with E-state index in [-0.39, 0.29) is 5.69 Å². The minimum absolute atomic E-state index is 0.163. The van der Waals surface area contributed by atoms with Crippen LogP contribution in [0.1, 0.15) is 28.2 Å². The number of fused-ring (bicyclic) bond motifs is 1. The molecule has 0 radical (unpaired) electrons. The Bertz CT molecular complexity index is 830. The summed E-state index contributed by atoms with van der Waals surface area (Å²) in [5, 5.41) is 2.72. The highest BCUT2D eigenvalue weighted by Crippen LogP contribution is 2.14. The summed E-state index contributed by atoms with van der Waals surface area (Å²) in [4.78, 5) is 16.2. The van der Waals surface area contributed by atoms with Crippen molar-refractivity contribution in [3.05, 3.63) is 59.7 Å². The summed E-state index contributed by atoms with van der Waals surface area (Å²) >= 11 is 1.73. The maximum Gasteiger partial charge on any atom is 0.274 e. The van der Waals surface area contributed by atoms with Gasteiger partial charge in [-0.2, -0.15) is 16.2 Å². The molecule has 5 nitrogen and oxygen atoms in total. The van der Waals surface area contributed by atoms with Crippen LogP contribution >= 0.6 is 11.8 Å². The molecule has 0 aliphatic heterocycles. The quantitative estimate of drug-likeness (QED) is 0.665. The van der Waals surface area contributed by atoms with Gasteiger partial charge in [0.15, 0.2) is 5.69 Å². The highest BCUT2D eigenvalue weighted by atomic mass is 32.2. The number of halogens is 1. The van der Waals surface area contributed by atoms with E-state index in [9.17, 15) is 9.18 Å². The second-order valence-electron chi connectivity index (χ2n) is 5.42. The molecule has 0 aliphatic rings. The Morgan fingerprint density at radius 1 is 1.46 bits per heavy atom. The number of hydrogen-bond acceptors (Lipinski definition) is 4. The molecule has 0 saturated carbocycles. The fraction of sp³-hybridized carbons (Fsp3) is 0.294. The Kier molecular flexibility index (Phi) is 5.20. The normalized spacial score (nSPS) is 11.1. The largest absolute Gasteiger partial charge is 0.468 e. The standard InChI is InChI=1S/C17H18FN3O2S/c1-12-5-7-21-14(10-12)20-15(16(21)18)17(22)19-6-3-9-24-11-13-4-2-8-23-13/h2,4-5,7-8,10H,3,6,9,11H2,1H3,(H,19,22). The molecule has 3 heterocycles. The topological polar surface area (TPSA) is 59.5 Å². The molecule has 0 aromatic carbocycles. The van der Waals surface area contributed by atoms with Crippen molar-refractivity contribution >= 4 is 23.3 Å². The molecule has 7 heteroatoms. The molecule has 0 bridgehead atoms. The lowest BCUT2D eigenvalue weighted by Gasteiger charge is -2.03. The number of imidazole rings is 1. The van der Waals surface area contributed by atoms with Gasteiger partial charge in [-0.15, -0.1) is 0 Å². The SMILES string of the molecule is Cc1ccn2c(F)c(C(=O)NCCCSCc3ccco3)nc2c1. The van der Waals surface area contributed by atoms with Gasteiger partial charge in [0.2, 0.25) is 5.95 Å². The first-order chi connectivity index (χ1) is 11.6. The van der Waals surface area contributed by atoms with Crippen LogP contribution in [0.5, 0.6) is 0 Å². The van der Waals surface area contributed by atoms with Gasteiger partial charge in [0.05, 0.1) is 12.0 Å². The lowest BCUT2D eigenvalue weighted by atomic mass is 10.3. The second kappa shape index (κ2) is 7.53. The van der Waals surface area contributed by atoms with Crippen molar-refractivity contribution in [3.8, 4) is 0 Å². The third-order valence-electron chi connectivity index (χ3n) is 3.51. The Morgan fingerprint density at radius 2 is 2.33 bits per heavy atom. The molecule has 0 atom stereocenters. The number of furan rings is 1. The molecule has 1 amide bonds. The molecule has 0 spiro atoms. The van der Waals surface area contributed by atoms with Crippen molar-refractivity contribution in [1.82, 2.24) is 14.7 Å². The first-order valence-electron chi connectivity index (χ1n) is 7.67. The number of carbonyl (C=O) groups excluding carboxylic acids is 1. The zero-order valence-corrected chi connectivity index (χ0v) is 14.1. The van der Waals surface area contributed by atoms with E-state index in [1.165, 1.54) is 4.40 Å². The van der Waals surface area contributed by atoms with Gasteiger partial charge in [0.1, 0.15) is 11.4 Å². The number of aromatic nitrogens is 2. The number of rotatable bonds is 7. The average Bonchev–Trinajstić information content (AvgIpc) is 3.18. The van der Waals surface area contributed by atoms with Gasteiger partial charge in [0, 0.05) is 12.7 Å². The minimum Gasteiger partial charge on any atom is -0.468 e. The van der Waals surface area contributed by atoms with Crippen molar-refractivity contribution < 1.29 is 13.6 Å². The summed E-state index contributed by atoms with van der Waals surface area (Å²) < 4.78 is 20.7. The summed E-state index contributed by atoms with van der Waals surface area (Å²) in [6.45, 7) is 2.38. The highest BCUT2D eigenvalue weighted by Gasteiger charge is 2.18. The van der Waals surface area contributed by atoms with Crippen LogP contribution in [0.2, 0.25) is 0 Å².